The van der Waals surface area contributed by atoms with Crippen LogP contribution in [-0.2, 0) is 13.0 Å². The van der Waals surface area contributed by atoms with Crippen molar-refractivity contribution in [1.82, 2.24) is 25.0 Å². The third kappa shape index (κ3) is 5.32. The molecular formula is C22H33N5O. The number of piperidine rings is 1. The van der Waals surface area contributed by atoms with Crippen molar-refractivity contribution in [3.05, 3.63) is 41.5 Å². The number of hydrogen-bond acceptors (Lipinski definition) is 5. The molecule has 2 aliphatic rings. The number of fused-ring (bicyclic) bond motifs is 3. The lowest BCUT2D eigenvalue weighted by atomic mass is 9.95. The van der Waals surface area contributed by atoms with Crippen LogP contribution in [0.5, 0.6) is 5.75 Å². The van der Waals surface area contributed by atoms with Crippen molar-refractivity contribution < 1.29 is 4.74 Å². The highest BCUT2D eigenvalue weighted by Crippen LogP contribution is 2.23. The molecule has 1 N–H and O–H groups in total. The number of ether oxygens (including phenoxy) is 1. The van der Waals surface area contributed by atoms with Crippen LogP contribution in [0.1, 0.15) is 49.3 Å². The summed E-state index contributed by atoms with van der Waals surface area (Å²) in [6, 6.07) is 9.39. The lowest BCUT2D eigenvalue weighted by Gasteiger charge is -2.37. The number of nitrogens with one attached hydrogen (secondary N) is 1. The molecule has 6 heteroatoms. The van der Waals surface area contributed by atoms with Gasteiger partial charge in [0.1, 0.15) is 11.6 Å². The van der Waals surface area contributed by atoms with Gasteiger partial charge in [0.05, 0.1) is 13.2 Å². The lowest BCUT2D eigenvalue weighted by Crippen LogP contribution is -2.44. The molecule has 152 valence electrons. The first-order chi connectivity index (χ1) is 13.8. The minimum absolute atomic E-state index is 0.703. The molecule has 1 aromatic heterocycles. The predicted octanol–water partition coefficient (Wildman–Crippen LogP) is 3.18. The van der Waals surface area contributed by atoms with Gasteiger partial charge in [0.15, 0.2) is 5.82 Å². The van der Waals surface area contributed by atoms with E-state index in [1.54, 1.807) is 0 Å². The Morgan fingerprint density at radius 1 is 1.11 bits per heavy atom. The van der Waals surface area contributed by atoms with Gasteiger partial charge in [0.2, 0.25) is 0 Å². The largest absolute Gasteiger partial charge is 0.494 e. The number of aromatic amines is 1. The third-order valence-electron chi connectivity index (χ3n) is 6.01. The van der Waals surface area contributed by atoms with Crippen molar-refractivity contribution in [2.75, 3.05) is 32.8 Å². The number of aromatic nitrogens is 3. The van der Waals surface area contributed by atoms with E-state index in [2.05, 4.69) is 49.2 Å². The Morgan fingerprint density at radius 2 is 2.07 bits per heavy atom. The Hall–Kier alpha value is -1.92. The van der Waals surface area contributed by atoms with E-state index in [9.17, 15) is 0 Å². The monoisotopic (exact) mass is 383 g/mol. The third-order valence-corrected chi connectivity index (χ3v) is 6.01. The summed E-state index contributed by atoms with van der Waals surface area (Å²) in [5.41, 5.74) is 1.40. The van der Waals surface area contributed by atoms with Crippen LogP contribution >= 0.6 is 0 Å². The molecule has 0 radical (unpaired) electrons. The zero-order chi connectivity index (χ0) is 19.2. The quantitative estimate of drug-likeness (QED) is 0.863. The second-order valence-electron chi connectivity index (χ2n) is 8.19. The zero-order valence-corrected chi connectivity index (χ0v) is 17.1. The Morgan fingerprint density at radius 3 is 2.96 bits per heavy atom. The van der Waals surface area contributed by atoms with E-state index in [1.807, 2.05) is 6.92 Å². The first-order valence-corrected chi connectivity index (χ1v) is 10.8. The second kappa shape index (κ2) is 9.52. The van der Waals surface area contributed by atoms with E-state index in [-0.39, 0.29) is 0 Å². The van der Waals surface area contributed by atoms with E-state index in [0.29, 0.717) is 6.04 Å². The molecule has 1 fully saturated rings. The summed E-state index contributed by atoms with van der Waals surface area (Å²) in [5, 5.41) is 7.31. The maximum Gasteiger partial charge on any atom is 0.164 e. The van der Waals surface area contributed by atoms with Crippen molar-refractivity contribution >= 4 is 0 Å². The van der Waals surface area contributed by atoms with Gasteiger partial charge < -0.3 is 4.74 Å². The van der Waals surface area contributed by atoms with Crippen LogP contribution in [0.15, 0.2) is 24.3 Å². The van der Waals surface area contributed by atoms with Gasteiger partial charge in [-0.05, 0) is 63.3 Å². The molecule has 0 amide bonds. The van der Waals surface area contributed by atoms with Gasteiger partial charge in [-0.3, -0.25) is 14.9 Å². The number of hydrogen-bond donors (Lipinski definition) is 1. The molecule has 0 aliphatic carbocycles. The summed E-state index contributed by atoms with van der Waals surface area (Å²) in [6.45, 7) is 7.95. The summed E-state index contributed by atoms with van der Waals surface area (Å²) in [7, 11) is 0. The molecular weight excluding hydrogens is 350 g/mol. The molecule has 2 bridgehead atoms. The van der Waals surface area contributed by atoms with Gasteiger partial charge in [0, 0.05) is 25.7 Å². The van der Waals surface area contributed by atoms with E-state index in [4.69, 9.17) is 4.74 Å². The molecule has 0 saturated carbocycles. The predicted molar refractivity (Wildman–Crippen MR) is 110 cm³/mol. The highest BCUT2D eigenvalue weighted by molar-refractivity contribution is 5.28. The molecule has 1 aromatic carbocycles. The summed E-state index contributed by atoms with van der Waals surface area (Å²) in [5.74, 6) is 2.78. The van der Waals surface area contributed by atoms with E-state index < -0.39 is 0 Å². The fourth-order valence-electron chi connectivity index (χ4n) is 4.48. The number of aryl methyl sites for hydroxylation is 2. The Bertz CT molecular complexity index is 746. The van der Waals surface area contributed by atoms with Crippen molar-refractivity contribution in [3.8, 4) is 5.75 Å². The van der Waals surface area contributed by atoms with E-state index >= 15 is 0 Å². The standard InChI is InChI=1S/C22H33N5O/c1-18-23-22(25-24-18)17-26-11-5-15-28-21-8-4-6-19(16-21)9-10-20-7-2-3-12-27(20)14-13-26/h4,6,8,16,20H,2-3,5,7,9-15,17H2,1H3,(H,23,24,25). The Balaban J connectivity index is 1.46. The molecule has 0 spiro atoms. The number of rotatable bonds is 2. The molecule has 2 aromatic rings. The second-order valence-corrected chi connectivity index (χ2v) is 8.19. The highest BCUT2D eigenvalue weighted by Gasteiger charge is 2.23. The maximum absolute atomic E-state index is 6.03. The summed E-state index contributed by atoms with van der Waals surface area (Å²) in [4.78, 5) is 9.72. The average Bonchev–Trinajstić information content (AvgIpc) is 3.12. The molecule has 1 saturated heterocycles. The number of H-pyrrole nitrogens is 1. The first kappa shape index (κ1) is 19.4. The van der Waals surface area contributed by atoms with Crippen LogP contribution in [0.2, 0.25) is 0 Å². The normalized spacial score (nSPS) is 22.8. The van der Waals surface area contributed by atoms with Crippen molar-refractivity contribution in [1.29, 1.82) is 0 Å². The van der Waals surface area contributed by atoms with Crippen LogP contribution in [0.25, 0.3) is 0 Å². The summed E-state index contributed by atoms with van der Waals surface area (Å²) in [6.07, 6.45) is 7.42. The van der Waals surface area contributed by atoms with E-state index in [1.165, 1.54) is 37.8 Å². The van der Waals surface area contributed by atoms with Gasteiger partial charge >= 0.3 is 0 Å². The maximum atomic E-state index is 6.03. The lowest BCUT2D eigenvalue weighted by molar-refractivity contribution is 0.114. The van der Waals surface area contributed by atoms with Crippen LogP contribution in [0, 0.1) is 6.92 Å². The van der Waals surface area contributed by atoms with Gasteiger partial charge in [-0.25, -0.2) is 4.98 Å². The zero-order valence-electron chi connectivity index (χ0n) is 17.1. The highest BCUT2D eigenvalue weighted by atomic mass is 16.5. The van der Waals surface area contributed by atoms with Crippen LogP contribution in [0.4, 0.5) is 0 Å². The van der Waals surface area contributed by atoms with Crippen molar-refractivity contribution in [2.45, 2.75) is 58.0 Å². The van der Waals surface area contributed by atoms with Crippen molar-refractivity contribution in [3.63, 3.8) is 0 Å². The van der Waals surface area contributed by atoms with E-state index in [0.717, 1.165) is 63.0 Å². The minimum Gasteiger partial charge on any atom is -0.494 e. The molecule has 3 heterocycles. The molecule has 2 aliphatic heterocycles. The van der Waals surface area contributed by atoms with Crippen LogP contribution < -0.4 is 4.74 Å². The SMILES string of the molecule is Cc1nc(CN2CCCOc3cccc(c3)CCC3CCCCN3CC2)n[nH]1. The van der Waals surface area contributed by atoms with Gasteiger partial charge in [-0.1, -0.05) is 18.6 Å². The number of benzene rings is 1. The summed E-state index contributed by atoms with van der Waals surface area (Å²) >= 11 is 0. The molecule has 28 heavy (non-hydrogen) atoms. The minimum atomic E-state index is 0.703. The molecule has 4 rings (SSSR count). The van der Waals surface area contributed by atoms with Gasteiger partial charge in [-0.15, -0.1) is 0 Å². The molecule has 6 nitrogen and oxygen atoms in total. The van der Waals surface area contributed by atoms with Crippen LogP contribution in [0.3, 0.4) is 0 Å². The first-order valence-electron chi connectivity index (χ1n) is 10.8. The fourth-order valence-corrected chi connectivity index (χ4v) is 4.48. The topological polar surface area (TPSA) is 57.3 Å². The van der Waals surface area contributed by atoms with Gasteiger partial charge in [-0.2, -0.15) is 5.10 Å². The van der Waals surface area contributed by atoms with Crippen LogP contribution in [-0.4, -0.2) is 63.8 Å². The Kier molecular flexibility index (Phi) is 6.60. The number of nitrogens with zero attached hydrogens (tertiary/aromatic N) is 4. The molecule has 1 unspecified atom stereocenters. The summed E-state index contributed by atoms with van der Waals surface area (Å²) < 4.78 is 6.03. The van der Waals surface area contributed by atoms with Crippen molar-refractivity contribution in [2.24, 2.45) is 0 Å². The average molecular weight is 384 g/mol. The Labute approximate surface area is 168 Å². The molecule has 1 atom stereocenters. The smallest absolute Gasteiger partial charge is 0.164 e. The van der Waals surface area contributed by atoms with Gasteiger partial charge in [0.25, 0.3) is 0 Å². The fraction of sp³-hybridized carbons (Fsp3) is 0.636.